The molecule has 0 amide bonds. The number of carboxylic acid groups (broad SMARTS) is 1. The molecule has 0 heterocycles. The third kappa shape index (κ3) is 37.7. The van der Waals surface area contributed by atoms with Crippen LogP contribution in [0.25, 0.3) is 0 Å². The molecule has 8 heteroatoms. The van der Waals surface area contributed by atoms with Crippen LogP contribution in [0.5, 0.6) is 0 Å². The summed E-state index contributed by atoms with van der Waals surface area (Å²) in [6.07, 6.45) is 40.1. The summed E-state index contributed by atoms with van der Waals surface area (Å²) in [4.78, 5) is 36.7. The van der Waals surface area contributed by atoms with E-state index < -0.39 is 18.1 Å². The van der Waals surface area contributed by atoms with E-state index in [1.165, 1.54) is 161 Å². The molecule has 2 atom stereocenters. The Hall–Kier alpha value is -1.67. The Bertz CT molecular complexity index is 874. The second-order valence-corrected chi connectivity index (χ2v) is 17.4. The van der Waals surface area contributed by atoms with E-state index in [1.807, 2.05) is 0 Å². The molecule has 0 spiro atoms. The third-order valence-electron chi connectivity index (χ3n) is 11.0. The van der Waals surface area contributed by atoms with E-state index in [-0.39, 0.29) is 42.7 Å². The number of quaternary nitrogens is 1. The zero-order valence-electron chi connectivity index (χ0n) is 37.1. The first kappa shape index (κ1) is 53.3. The molecule has 8 nitrogen and oxygen atoms in total. The quantitative estimate of drug-likeness (QED) is 0.0345. The predicted octanol–water partition coefficient (Wildman–Crippen LogP) is 11.6. The molecule has 0 aromatic rings. The number of nitrogens with zero attached hydrogens (tertiary/aromatic N) is 1. The van der Waals surface area contributed by atoms with E-state index in [9.17, 15) is 19.5 Å². The molecule has 0 saturated carbocycles. The first-order valence-electron chi connectivity index (χ1n) is 23.6. The topological polar surface area (TPSA) is 102 Å². The molecular formula is C47H91NO7. The minimum Gasteiger partial charge on any atom is -0.544 e. The van der Waals surface area contributed by atoms with Gasteiger partial charge < -0.3 is 28.6 Å². The van der Waals surface area contributed by atoms with Crippen molar-refractivity contribution in [3.8, 4) is 0 Å². The Labute approximate surface area is 340 Å². The lowest BCUT2D eigenvalue weighted by Crippen LogP contribution is -2.55. The van der Waals surface area contributed by atoms with E-state index in [0.29, 0.717) is 12.8 Å². The number of rotatable bonds is 43. The first-order valence-corrected chi connectivity index (χ1v) is 23.6. The lowest BCUT2D eigenvalue weighted by atomic mass is 10.0. The number of ether oxygens (including phenoxy) is 3. The van der Waals surface area contributed by atoms with E-state index >= 15 is 0 Å². The fourth-order valence-electron chi connectivity index (χ4n) is 7.31. The van der Waals surface area contributed by atoms with E-state index in [4.69, 9.17) is 14.2 Å². The van der Waals surface area contributed by atoms with Crippen LogP contribution in [0.3, 0.4) is 0 Å². The lowest BCUT2D eigenvalue weighted by Gasteiger charge is -2.34. The first-order chi connectivity index (χ1) is 26.6. The van der Waals surface area contributed by atoms with Gasteiger partial charge in [0.05, 0.1) is 40.3 Å². The van der Waals surface area contributed by atoms with Crippen molar-refractivity contribution in [3.63, 3.8) is 0 Å². The summed E-state index contributed by atoms with van der Waals surface area (Å²) in [5, 5.41) is 11.6. The molecule has 0 bridgehead atoms. The molecule has 0 aliphatic carbocycles. The molecule has 326 valence electrons. The Morgan fingerprint density at radius 2 is 0.800 bits per heavy atom. The lowest BCUT2D eigenvalue weighted by molar-refractivity contribution is -0.889. The van der Waals surface area contributed by atoms with Crippen LogP contribution >= 0.6 is 0 Å². The molecule has 55 heavy (non-hydrogen) atoms. The van der Waals surface area contributed by atoms with Crippen LogP contribution in [-0.4, -0.2) is 75.5 Å². The van der Waals surface area contributed by atoms with Crippen molar-refractivity contribution >= 4 is 17.9 Å². The van der Waals surface area contributed by atoms with Crippen molar-refractivity contribution in [2.75, 3.05) is 41.0 Å². The summed E-state index contributed by atoms with van der Waals surface area (Å²) in [6, 6.07) is -0.718. The minimum absolute atomic E-state index is 0.0484. The van der Waals surface area contributed by atoms with Gasteiger partial charge in [0, 0.05) is 19.3 Å². The highest BCUT2D eigenvalue weighted by Crippen LogP contribution is 2.17. The number of carbonyl (C=O) groups is 3. The van der Waals surface area contributed by atoms with Crippen LogP contribution in [-0.2, 0) is 28.6 Å². The SMILES string of the molecule is CCCCCCCCCCCCCCCCCCCCCCCCCC(=O)OCC(COCCC(C(=O)[O-])[N+](C)(C)C)OC(=O)CCCCCCCCCC. The number of hydrogen-bond donors (Lipinski definition) is 0. The Morgan fingerprint density at radius 1 is 0.473 bits per heavy atom. The number of carboxylic acids is 1. The summed E-state index contributed by atoms with van der Waals surface area (Å²) in [5.74, 6) is -1.72. The molecule has 0 fully saturated rings. The molecule has 0 saturated heterocycles. The van der Waals surface area contributed by atoms with Gasteiger partial charge in [-0.15, -0.1) is 0 Å². The van der Waals surface area contributed by atoms with Crippen LogP contribution in [0.2, 0.25) is 0 Å². The van der Waals surface area contributed by atoms with E-state index in [2.05, 4.69) is 13.8 Å². The van der Waals surface area contributed by atoms with Gasteiger partial charge in [0.15, 0.2) is 6.10 Å². The maximum Gasteiger partial charge on any atom is 0.306 e. The summed E-state index contributed by atoms with van der Waals surface area (Å²) >= 11 is 0. The highest BCUT2D eigenvalue weighted by Gasteiger charge is 2.25. The number of esters is 2. The van der Waals surface area contributed by atoms with Gasteiger partial charge in [0.1, 0.15) is 12.6 Å². The maximum absolute atomic E-state index is 12.6. The number of aliphatic carboxylic acids is 1. The largest absolute Gasteiger partial charge is 0.544 e. The second-order valence-electron chi connectivity index (χ2n) is 17.4. The molecule has 0 radical (unpaired) electrons. The van der Waals surface area contributed by atoms with Gasteiger partial charge in [-0.1, -0.05) is 200 Å². The van der Waals surface area contributed by atoms with Crippen LogP contribution in [0.4, 0.5) is 0 Å². The molecular weight excluding hydrogens is 691 g/mol. The third-order valence-corrected chi connectivity index (χ3v) is 11.0. The van der Waals surface area contributed by atoms with Crippen LogP contribution in [0.15, 0.2) is 0 Å². The fourth-order valence-corrected chi connectivity index (χ4v) is 7.31. The van der Waals surface area contributed by atoms with Gasteiger partial charge >= 0.3 is 11.9 Å². The van der Waals surface area contributed by atoms with Crippen molar-refractivity contribution < 1.29 is 38.2 Å². The van der Waals surface area contributed by atoms with Crippen LogP contribution in [0.1, 0.15) is 232 Å². The Morgan fingerprint density at radius 3 is 1.13 bits per heavy atom. The average Bonchev–Trinajstić information content (AvgIpc) is 3.14. The van der Waals surface area contributed by atoms with Crippen LogP contribution in [0, 0.1) is 0 Å². The summed E-state index contributed by atoms with van der Waals surface area (Å²) < 4.78 is 17.1. The predicted molar refractivity (Wildman–Crippen MR) is 227 cm³/mol. The Balaban J connectivity index is 4.04. The van der Waals surface area contributed by atoms with Gasteiger partial charge in [-0.25, -0.2) is 0 Å². The van der Waals surface area contributed by atoms with Gasteiger partial charge in [-0.05, 0) is 12.8 Å². The number of likely N-dealkylation sites (N-methyl/N-ethyl adjacent to an activating group) is 1. The Kier molecular flexibility index (Phi) is 38.0. The van der Waals surface area contributed by atoms with Gasteiger partial charge in [0.2, 0.25) is 0 Å². The zero-order chi connectivity index (χ0) is 40.7. The standard InChI is InChI=1S/C47H91NO7/c1-6-8-10-12-14-16-17-18-19-20-21-22-23-24-25-26-27-28-29-30-32-33-35-37-45(49)54-42-43(41-53-40-39-44(47(51)52)48(3,4)5)55-46(50)38-36-34-31-15-13-11-9-7-2/h43-44H,6-42H2,1-5H3. The van der Waals surface area contributed by atoms with Crippen molar-refractivity contribution in [2.24, 2.45) is 0 Å². The minimum atomic E-state index is -1.12. The van der Waals surface area contributed by atoms with Gasteiger partial charge in [-0.2, -0.15) is 0 Å². The number of carbonyl (C=O) groups excluding carboxylic acids is 3. The maximum atomic E-state index is 12.6. The van der Waals surface area contributed by atoms with Crippen molar-refractivity contribution in [1.82, 2.24) is 0 Å². The zero-order valence-corrected chi connectivity index (χ0v) is 37.1. The molecule has 0 aliphatic rings. The molecule has 2 unspecified atom stereocenters. The molecule has 0 rings (SSSR count). The molecule has 0 aromatic heterocycles. The van der Waals surface area contributed by atoms with Gasteiger partial charge in [0.25, 0.3) is 0 Å². The highest BCUT2D eigenvalue weighted by atomic mass is 16.6. The smallest absolute Gasteiger partial charge is 0.306 e. The normalized spacial score (nSPS) is 12.8. The molecule has 0 aromatic carbocycles. The average molecular weight is 782 g/mol. The summed E-state index contributed by atoms with van der Waals surface area (Å²) in [5.41, 5.74) is 0. The van der Waals surface area contributed by atoms with Crippen molar-refractivity contribution in [2.45, 2.75) is 244 Å². The summed E-state index contributed by atoms with van der Waals surface area (Å²) in [7, 11) is 5.41. The second kappa shape index (κ2) is 39.2. The number of unbranched alkanes of at least 4 members (excludes halogenated alkanes) is 29. The van der Waals surface area contributed by atoms with Crippen molar-refractivity contribution in [1.29, 1.82) is 0 Å². The van der Waals surface area contributed by atoms with Crippen LogP contribution < -0.4 is 5.11 Å². The fraction of sp³-hybridized carbons (Fsp3) is 0.936. The highest BCUT2D eigenvalue weighted by molar-refractivity contribution is 5.70. The van der Waals surface area contributed by atoms with E-state index in [0.717, 1.165) is 38.5 Å². The van der Waals surface area contributed by atoms with E-state index in [1.54, 1.807) is 21.1 Å². The van der Waals surface area contributed by atoms with Gasteiger partial charge in [-0.3, -0.25) is 9.59 Å². The number of hydrogen-bond acceptors (Lipinski definition) is 7. The summed E-state index contributed by atoms with van der Waals surface area (Å²) in [6.45, 7) is 4.67. The monoisotopic (exact) mass is 782 g/mol. The molecule has 0 aliphatic heterocycles. The van der Waals surface area contributed by atoms with Crippen molar-refractivity contribution in [3.05, 3.63) is 0 Å². The molecule has 0 N–H and O–H groups in total.